The Hall–Kier alpha value is -0.180. The molecule has 1 rings (SSSR count). The van der Waals surface area contributed by atoms with Gasteiger partial charge < -0.3 is 5.32 Å². The molecule has 74 valence electrons. The largest absolute Gasteiger partial charge is 0.319 e. The van der Waals surface area contributed by atoms with Crippen molar-refractivity contribution < 1.29 is 0 Å². The van der Waals surface area contributed by atoms with Crippen LogP contribution in [-0.2, 0) is 0 Å². The van der Waals surface area contributed by atoms with Gasteiger partial charge in [-0.2, -0.15) is 0 Å². The summed E-state index contributed by atoms with van der Waals surface area (Å²) in [4.78, 5) is 1.36. The number of rotatable bonds is 4. The molecule has 0 saturated heterocycles. The van der Waals surface area contributed by atoms with Gasteiger partial charge in [0.25, 0.3) is 0 Å². The van der Waals surface area contributed by atoms with E-state index in [1.807, 2.05) is 18.8 Å². The maximum Gasteiger partial charge on any atom is 0.0105 e. The number of nitrogens with one attached hydrogen (secondary N) is 1. The van der Waals surface area contributed by atoms with E-state index in [9.17, 15) is 0 Å². The smallest absolute Gasteiger partial charge is 0.0105 e. The summed E-state index contributed by atoms with van der Waals surface area (Å²) in [6, 6.07) is 8.66. The van der Waals surface area contributed by atoms with Crippen molar-refractivity contribution in [2.24, 2.45) is 0 Å². The Morgan fingerprint density at radius 2 is 1.85 bits per heavy atom. The molecule has 0 amide bonds. The lowest BCUT2D eigenvalue weighted by Gasteiger charge is -2.00. The third-order valence-corrected chi connectivity index (χ3v) is 2.66. The molecule has 0 aliphatic heterocycles. The predicted molar refractivity (Wildman–Crippen MR) is 63.1 cm³/mol. The lowest BCUT2D eigenvalue weighted by molar-refractivity contribution is 0.872. The zero-order valence-electron chi connectivity index (χ0n) is 8.04. The molecule has 0 unspecified atom stereocenters. The fourth-order valence-corrected chi connectivity index (χ4v) is 1.78. The second-order valence-electron chi connectivity index (χ2n) is 2.77. The Morgan fingerprint density at radius 3 is 2.38 bits per heavy atom. The molecule has 0 aliphatic carbocycles. The van der Waals surface area contributed by atoms with Crippen LogP contribution < -0.4 is 5.32 Å². The molecule has 1 aromatic carbocycles. The highest BCUT2D eigenvalue weighted by atomic mass is 35.5. The van der Waals surface area contributed by atoms with Crippen LogP contribution >= 0.6 is 24.2 Å². The average molecular weight is 218 g/mol. The van der Waals surface area contributed by atoms with Gasteiger partial charge >= 0.3 is 0 Å². The van der Waals surface area contributed by atoms with Gasteiger partial charge in [0.15, 0.2) is 0 Å². The maximum atomic E-state index is 3.13. The SMILES string of the molecule is CNCCSc1ccc(C)cc1.Cl. The molecule has 1 N–H and O–H groups in total. The molecule has 0 aliphatic rings. The van der Waals surface area contributed by atoms with E-state index in [4.69, 9.17) is 0 Å². The summed E-state index contributed by atoms with van der Waals surface area (Å²) in [6.07, 6.45) is 0. The van der Waals surface area contributed by atoms with E-state index in [1.54, 1.807) is 0 Å². The Labute approximate surface area is 90.7 Å². The molecule has 1 nitrogen and oxygen atoms in total. The summed E-state index contributed by atoms with van der Waals surface area (Å²) in [6.45, 7) is 3.18. The lowest BCUT2D eigenvalue weighted by atomic mass is 10.2. The summed E-state index contributed by atoms with van der Waals surface area (Å²) < 4.78 is 0. The van der Waals surface area contributed by atoms with Crippen LogP contribution in [0.2, 0.25) is 0 Å². The average Bonchev–Trinajstić information content (AvgIpc) is 2.09. The molecule has 0 spiro atoms. The molecule has 0 atom stereocenters. The molecule has 0 saturated carbocycles. The van der Waals surface area contributed by atoms with Crippen molar-refractivity contribution in [3.05, 3.63) is 29.8 Å². The topological polar surface area (TPSA) is 12.0 Å². The minimum atomic E-state index is 0. The van der Waals surface area contributed by atoms with Crippen LogP contribution in [0.5, 0.6) is 0 Å². The highest BCUT2D eigenvalue weighted by Gasteiger charge is 1.91. The first-order chi connectivity index (χ1) is 5.83. The molecule has 0 aromatic heterocycles. The Morgan fingerprint density at radius 1 is 1.23 bits per heavy atom. The van der Waals surface area contributed by atoms with E-state index in [1.165, 1.54) is 10.5 Å². The molecule has 1 aromatic rings. The number of hydrogen-bond acceptors (Lipinski definition) is 2. The van der Waals surface area contributed by atoms with Gasteiger partial charge in [-0.15, -0.1) is 24.2 Å². The van der Waals surface area contributed by atoms with E-state index >= 15 is 0 Å². The van der Waals surface area contributed by atoms with E-state index in [2.05, 4.69) is 36.5 Å². The second kappa shape index (κ2) is 7.25. The maximum absolute atomic E-state index is 3.13. The fourth-order valence-electron chi connectivity index (χ4n) is 0.905. The third-order valence-electron chi connectivity index (χ3n) is 1.64. The summed E-state index contributed by atoms with van der Waals surface area (Å²) in [5.41, 5.74) is 1.33. The summed E-state index contributed by atoms with van der Waals surface area (Å²) in [5, 5.41) is 3.13. The number of thioether (sulfide) groups is 1. The standard InChI is InChI=1S/C10H15NS.ClH/c1-9-3-5-10(6-4-9)12-8-7-11-2;/h3-6,11H,7-8H2,1-2H3;1H. The molecule has 0 radical (unpaired) electrons. The summed E-state index contributed by atoms with van der Waals surface area (Å²) in [7, 11) is 1.98. The van der Waals surface area contributed by atoms with Crippen molar-refractivity contribution in [2.75, 3.05) is 19.3 Å². The lowest BCUT2D eigenvalue weighted by Crippen LogP contribution is -2.09. The molecular formula is C10H16ClNS. The van der Waals surface area contributed by atoms with Gasteiger partial charge in [0.1, 0.15) is 0 Å². The van der Waals surface area contributed by atoms with Gasteiger partial charge in [-0.05, 0) is 26.1 Å². The highest BCUT2D eigenvalue weighted by Crippen LogP contribution is 2.17. The van der Waals surface area contributed by atoms with Crippen LogP contribution in [0.4, 0.5) is 0 Å². The predicted octanol–water partition coefficient (Wildman–Crippen LogP) is 2.73. The molecule has 13 heavy (non-hydrogen) atoms. The first-order valence-corrected chi connectivity index (χ1v) is 5.15. The van der Waals surface area contributed by atoms with Crippen molar-refractivity contribution in [1.82, 2.24) is 5.32 Å². The quantitative estimate of drug-likeness (QED) is 0.615. The number of hydrogen-bond donors (Lipinski definition) is 1. The van der Waals surface area contributed by atoms with Crippen molar-refractivity contribution in [3.63, 3.8) is 0 Å². The first-order valence-electron chi connectivity index (χ1n) is 4.17. The number of halogens is 1. The van der Waals surface area contributed by atoms with Crippen LogP contribution in [-0.4, -0.2) is 19.3 Å². The van der Waals surface area contributed by atoms with Gasteiger partial charge in [-0.1, -0.05) is 17.7 Å². The minimum Gasteiger partial charge on any atom is -0.319 e. The Balaban J connectivity index is 0.00000144. The van der Waals surface area contributed by atoms with Gasteiger partial charge in [0, 0.05) is 17.2 Å². The summed E-state index contributed by atoms with van der Waals surface area (Å²) in [5.74, 6) is 1.14. The summed E-state index contributed by atoms with van der Waals surface area (Å²) >= 11 is 1.89. The van der Waals surface area contributed by atoms with Crippen molar-refractivity contribution in [2.45, 2.75) is 11.8 Å². The molecule has 0 heterocycles. The van der Waals surface area contributed by atoms with Gasteiger partial charge in [-0.25, -0.2) is 0 Å². The highest BCUT2D eigenvalue weighted by molar-refractivity contribution is 7.99. The van der Waals surface area contributed by atoms with Crippen molar-refractivity contribution >= 4 is 24.2 Å². The molecule has 0 bridgehead atoms. The zero-order valence-corrected chi connectivity index (χ0v) is 9.67. The third kappa shape index (κ3) is 5.19. The van der Waals surface area contributed by atoms with Crippen LogP contribution in [0.15, 0.2) is 29.2 Å². The minimum absolute atomic E-state index is 0. The van der Waals surface area contributed by atoms with E-state index in [0.29, 0.717) is 0 Å². The van der Waals surface area contributed by atoms with Gasteiger partial charge in [0.05, 0.1) is 0 Å². The van der Waals surface area contributed by atoms with E-state index in [-0.39, 0.29) is 12.4 Å². The monoisotopic (exact) mass is 217 g/mol. The van der Waals surface area contributed by atoms with E-state index < -0.39 is 0 Å². The zero-order chi connectivity index (χ0) is 8.81. The second-order valence-corrected chi connectivity index (χ2v) is 3.93. The van der Waals surface area contributed by atoms with Crippen LogP contribution in [0, 0.1) is 6.92 Å². The first kappa shape index (κ1) is 12.8. The van der Waals surface area contributed by atoms with Crippen LogP contribution in [0.25, 0.3) is 0 Å². The fraction of sp³-hybridized carbons (Fsp3) is 0.400. The normalized spacial score (nSPS) is 9.38. The Bertz CT molecular complexity index is 223. The Kier molecular flexibility index (Phi) is 7.14. The van der Waals surface area contributed by atoms with E-state index in [0.717, 1.165) is 12.3 Å². The molecular weight excluding hydrogens is 202 g/mol. The van der Waals surface area contributed by atoms with Crippen molar-refractivity contribution in [1.29, 1.82) is 0 Å². The number of aryl methyl sites for hydroxylation is 1. The van der Waals surface area contributed by atoms with Crippen molar-refractivity contribution in [3.8, 4) is 0 Å². The van der Waals surface area contributed by atoms with Gasteiger partial charge in [-0.3, -0.25) is 0 Å². The van der Waals surface area contributed by atoms with Crippen LogP contribution in [0.1, 0.15) is 5.56 Å². The molecule has 3 heteroatoms. The number of benzene rings is 1. The van der Waals surface area contributed by atoms with Gasteiger partial charge in [0.2, 0.25) is 0 Å². The van der Waals surface area contributed by atoms with Crippen LogP contribution in [0.3, 0.4) is 0 Å². The molecule has 0 fully saturated rings.